The van der Waals surface area contributed by atoms with Gasteiger partial charge in [0.25, 0.3) is 0 Å². The topological polar surface area (TPSA) is 37.8 Å². The van der Waals surface area contributed by atoms with Gasteiger partial charge in [-0.1, -0.05) is 19.1 Å². The van der Waals surface area contributed by atoms with E-state index in [9.17, 15) is 4.39 Å². The van der Waals surface area contributed by atoms with Crippen LogP contribution in [-0.2, 0) is 0 Å². The predicted octanol–water partition coefficient (Wildman–Crippen LogP) is 3.10. The zero-order valence-electron chi connectivity index (χ0n) is 9.65. The zero-order valence-corrected chi connectivity index (χ0v) is 9.65. The molecule has 1 aromatic carbocycles. The van der Waals surface area contributed by atoms with Crippen LogP contribution in [0.4, 0.5) is 10.2 Å². The zero-order chi connectivity index (χ0) is 12.1. The van der Waals surface area contributed by atoms with Gasteiger partial charge >= 0.3 is 0 Å². The number of hydrogen-bond acceptors (Lipinski definition) is 3. The number of nitrogens with zero attached hydrogens (tertiary/aromatic N) is 2. The van der Waals surface area contributed by atoms with Crippen molar-refractivity contribution in [1.29, 1.82) is 0 Å². The van der Waals surface area contributed by atoms with Crippen LogP contribution < -0.4 is 5.32 Å². The molecule has 0 aliphatic rings. The maximum atomic E-state index is 13.6. The van der Waals surface area contributed by atoms with E-state index in [0.717, 1.165) is 13.0 Å². The van der Waals surface area contributed by atoms with E-state index in [-0.39, 0.29) is 5.82 Å². The second-order valence-electron chi connectivity index (χ2n) is 3.70. The highest BCUT2D eigenvalue weighted by atomic mass is 19.1. The van der Waals surface area contributed by atoms with Gasteiger partial charge in [0.05, 0.1) is 18.1 Å². The lowest BCUT2D eigenvalue weighted by Gasteiger charge is -2.06. The summed E-state index contributed by atoms with van der Waals surface area (Å²) in [5, 5.41) is 3.13. The van der Waals surface area contributed by atoms with Gasteiger partial charge < -0.3 is 5.32 Å². The first-order valence-corrected chi connectivity index (χ1v) is 5.62. The molecular formula is C13H14FN3. The molecule has 0 saturated heterocycles. The lowest BCUT2D eigenvalue weighted by Crippen LogP contribution is -2.03. The minimum Gasteiger partial charge on any atom is -0.369 e. The maximum Gasteiger partial charge on any atom is 0.145 e. The molecule has 1 N–H and O–H groups in total. The Morgan fingerprint density at radius 2 is 2.06 bits per heavy atom. The molecule has 2 rings (SSSR count). The SMILES string of the molecule is CCCNc1cncc(-c2ccccc2F)n1. The summed E-state index contributed by atoms with van der Waals surface area (Å²) in [5.41, 5.74) is 1.02. The summed E-state index contributed by atoms with van der Waals surface area (Å²) >= 11 is 0. The Kier molecular flexibility index (Phi) is 3.65. The molecule has 0 fully saturated rings. The molecule has 0 atom stereocenters. The molecule has 0 unspecified atom stereocenters. The van der Waals surface area contributed by atoms with Crippen LogP contribution in [0.1, 0.15) is 13.3 Å². The van der Waals surface area contributed by atoms with Crippen molar-refractivity contribution >= 4 is 5.82 Å². The summed E-state index contributed by atoms with van der Waals surface area (Å²) in [6.07, 6.45) is 4.21. The fourth-order valence-electron chi connectivity index (χ4n) is 1.50. The molecule has 2 aromatic rings. The molecule has 3 nitrogen and oxygen atoms in total. The summed E-state index contributed by atoms with van der Waals surface area (Å²) in [7, 11) is 0. The first-order valence-electron chi connectivity index (χ1n) is 5.62. The van der Waals surface area contributed by atoms with Crippen LogP contribution in [0.5, 0.6) is 0 Å². The van der Waals surface area contributed by atoms with Crippen LogP contribution in [0.2, 0.25) is 0 Å². The van der Waals surface area contributed by atoms with Crippen molar-refractivity contribution in [1.82, 2.24) is 9.97 Å². The van der Waals surface area contributed by atoms with Gasteiger partial charge in [0.2, 0.25) is 0 Å². The van der Waals surface area contributed by atoms with Crippen molar-refractivity contribution in [2.24, 2.45) is 0 Å². The fraction of sp³-hybridized carbons (Fsp3) is 0.231. The molecule has 0 spiro atoms. The van der Waals surface area contributed by atoms with Crippen LogP contribution >= 0.6 is 0 Å². The van der Waals surface area contributed by atoms with Crippen molar-refractivity contribution in [3.05, 3.63) is 42.5 Å². The number of benzene rings is 1. The molecule has 0 saturated carbocycles. The molecule has 4 heteroatoms. The van der Waals surface area contributed by atoms with Crippen molar-refractivity contribution in [3.63, 3.8) is 0 Å². The molecular weight excluding hydrogens is 217 g/mol. The van der Waals surface area contributed by atoms with Crippen LogP contribution in [-0.4, -0.2) is 16.5 Å². The minimum absolute atomic E-state index is 0.283. The van der Waals surface area contributed by atoms with E-state index < -0.39 is 0 Å². The Hall–Kier alpha value is -1.97. The molecule has 88 valence electrons. The highest BCUT2D eigenvalue weighted by Gasteiger charge is 2.06. The predicted molar refractivity (Wildman–Crippen MR) is 66.2 cm³/mol. The van der Waals surface area contributed by atoms with Gasteiger partial charge in [0.1, 0.15) is 11.6 Å². The lowest BCUT2D eigenvalue weighted by molar-refractivity contribution is 0.630. The van der Waals surface area contributed by atoms with E-state index in [1.807, 2.05) is 0 Å². The number of anilines is 1. The van der Waals surface area contributed by atoms with Gasteiger partial charge in [0, 0.05) is 12.1 Å². The highest BCUT2D eigenvalue weighted by Crippen LogP contribution is 2.20. The highest BCUT2D eigenvalue weighted by molar-refractivity contribution is 5.60. The van der Waals surface area contributed by atoms with Gasteiger partial charge in [-0.05, 0) is 18.6 Å². The van der Waals surface area contributed by atoms with E-state index in [1.165, 1.54) is 6.07 Å². The summed E-state index contributed by atoms with van der Waals surface area (Å²) in [5.74, 6) is 0.391. The fourth-order valence-corrected chi connectivity index (χ4v) is 1.50. The van der Waals surface area contributed by atoms with E-state index in [0.29, 0.717) is 17.1 Å². The number of aromatic nitrogens is 2. The molecule has 0 radical (unpaired) electrons. The smallest absolute Gasteiger partial charge is 0.145 e. The monoisotopic (exact) mass is 231 g/mol. The Balaban J connectivity index is 2.30. The summed E-state index contributed by atoms with van der Waals surface area (Å²) in [6.45, 7) is 2.90. The number of halogens is 1. The third-order valence-electron chi connectivity index (χ3n) is 2.34. The van der Waals surface area contributed by atoms with Gasteiger partial charge in [-0.15, -0.1) is 0 Å². The molecule has 0 aliphatic heterocycles. The average Bonchev–Trinajstić information content (AvgIpc) is 2.37. The minimum atomic E-state index is -0.283. The summed E-state index contributed by atoms with van der Waals surface area (Å²) in [4.78, 5) is 8.39. The van der Waals surface area contributed by atoms with E-state index in [4.69, 9.17) is 0 Å². The van der Waals surface area contributed by atoms with Crippen LogP contribution in [0, 0.1) is 5.82 Å². The number of rotatable bonds is 4. The van der Waals surface area contributed by atoms with E-state index in [2.05, 4.69) is 22.2 Å². The molecule has 17 heavy (non-hydrogen) atoms. The van der Waals surface area contributed by atoms with Crippen molar-refractivity contribution < 1.29 is 4.39 Å². The Labute approximate surface area is 99.7 Å². The van der Waals surface area contributed by atoms with Gasteiger partial charge in [-0.3, -0.25) is 4.98 Å². The Morgan fingerprint density at radius 1 is 1.24 bits per heavy atom. The normalized spacial score (nSPS) is 10.2. The number of hydrogen-bond donors (Lipinski definition) is 1. The average molecular weight is 231 g/mol. The van der Waals surface area contributed by atoms with Crippen molar-refractivity contribution in [3.8, 4) is 11.3 Å². The van der Waals surface area contributed by atoms with Crippen LogP contribution in [0.3, 0.4) is 0 Å². The standard InChI is InChI=1S/C13H14FN3/c1-2-7-16-13-9-15-8-12(17-13)10-5-3-4-6-11(10)14/h3-6,8-9H,2,7H2,1H3,(H,16,17). The third kappa shape index (κ3) is 2.78. The third-order valence-corrected chi connectivity index (χ3v) is 2.34. The second kappa shape index (κ2) is 5.39. The Bertz CT molecular complexity index is 500. The van der Waals surface area contributed by atoms with Crippen molar-refractivity contribution in [2.75, 3.05) is 11.9 Å². The first-order chi connectivity index (χ1) is 8.31. The van der Waals surface area contributed by atoms with Gasteiger partial charge in [-0.25, -0.2) is 9.37 Å². The molecule has 1 aromatic heterocycles. The number of nitrogens with one attached hydrogen (secondary N) is 1. The Morgan fingerprint density at radius 3 is 2.82 bits per heavy atom. The van der Waals surface area contributed by atoms with Crippen LogP contribution in [0.25, 0.3) is 11.3 Å². The maximum absolute atomic E-state index is 13.6. The quantitative estimate of drug-likeness (QED) is 0.878. The van der Waals surface area contributed by atoms with Gasteiger partial charge in [0.15, 0.2) is 0 Å². The van der Waals surface area contributed by atoms with Gasteiger partial charge in [-0.2, -0.15) is 0 Å². The lowest BCUT2D eigenvalue weighted by atomic mass is 10.1. The molecule has 0 aliphatic carbocycles. The summed E-state index contributed by atoms with van der Waals surface area (Å²) < 4.78 is 13.6. The van der Waals surface area contributed by atoms with E-state index >= 15 is 0 Å². The summed E-state index contributed by atoms with van der Waals surface area (Å²) in [6, 6.07) is 6.56. The molecule has 1 heterocycles. The first kappa shape index (κ1) is 11.5. The largest absolute Gasteiger partial charge is 0.369 e. The molecule has 0 amide bonds. The second-order valence-corrected chi connectivity index (χ2v) is 3.70. The van der Waals surface area contributed by atoms with E-state index in [1.54, 1.807) is 30.6 Å². The van der Waals surface area contributed by atoms with Crippen molar-refractivity contribution in [2.45, 2.75) is 13.3 Å². The van der Waals surface area contributed by atoms with Crippen LogP contribution in [0.15, 0.2) is 36.7 Å². The molecule has 0 bridgehead atoms.